The topological polar surface area (TPSA) is 83.5 Å². The summed E-state index contributed by atoms with van der Waals surface area (Å²) in [7, 11) is 1.56. The molecule has 0 fully saturated rings. The highest BCUT2D eigenvalue weighted by molar-refractivity contribution is 5.75. The van der Waals surface area contributed by atoms with E-state index in [1.165, 1.54) is 24.3 Å². The molecule has 0 saturated heterocycles. The Kier molecular flexibility index (Phi) is 6.76. The summed E-state index contributed by atoms with van der Waals surface area (Å²) in [6, 6.07) is 17.3. The molecule has 6 nitrogen and oxygen atoms in total. The van der Waals surface area contributed by atoms with Crippen LogP contribution in [0.4, 0.5) is 9.18 Å². The van der Waals surface area contributed by atoms with Crippen LogP contribution in [0.1, 0.15) is 29.0 Å². The van der Waals surface area contributed by atoms with Crippen LogP contribution >= 0.6 is 0 Å². The van der Waals surface area contributed by atoms with Crippen LogP contribution in [-0.2, 0) is 0 Å². The number of ether oxygens (including phenoxy) is 1. The van der Waals surface area contributed by atoms with Gasteiger partial charge in [-0.25, -0.2) is 9.18 Å². The van der Waals surface area contributed by atoms with Crippen LogP contribution in [0, 0.1) is 5.82 Å². The molecule has 7 heteroatoms. The summed E-state index contributed by atoms with van der Waals surface area (Å²) in [5, 5.41) is 15.7. The highest BCUT2D eigenvalue weighted by Crippen LogP contribution is 2.28. The Labute approximate surface area is 168 Å². The molecule has 1 aromatic heterocycles. The lowest BCUT2D eigenvalue weighted by molar-refractivity contribution is 0.172. The van der Waals surface area contributed by atoms with E-state index in [9.17, 15) is 14.3 Å². The minimum atomic E-state index is -0.957. The number of nitrogens with zero attached hydrogens (tertiary/aromatic N) is 1. The molecule has 3 rings (SSSR count). The normalized spacial score (nSPS) is 12.7. The number of methoxy groups -OCH3 is 1. The number of amides is 2. The van der Waals surface area contributed by atoms with E-state index in [0.717, 1.165) is 5.56 Å². The van der Waals surface area contributed by atoms with Crippen LogP contribution in [0.15, 0.2) is 72.9 Å². The minimum absolute atomic E-state index is 0.0294. The van der Waals surface area contributed by atoms with Gasteiger partial charge in [0.05, 0.1) is 18.9 Å². The van der Waals surface area contributed by atoms with E-state index in [-0.39, 0.29) is 12.4 Å². The third-order valence-electron chi connectivity index (χ3n) is 4.42. The summed E-state index contributed by atoms with van der Waals surface area (Å²) in [4.78, 5) is 16.9. The fourth-order valence-electron chi connectivity index (χ4n) is 2.94. The number of carbonyl (C=O) groups excluding carboxylic acids is 1. The zero-order valence-corrected chi connectivity index (χ0v) is 15.9. The Morgan fingerprint density at radius 2 is 1.83 bits per heavy atom. The Bertz CT molecular complexity index is 936. The van der Waals surface area contributed by atoms with E-state index in [2.05, 4.69) is 15.6 Å². The fraction of sp³-hybridized carbons (Fsp3) is 0.182. The lowest BCUT2D eigenvalue weighted by Gasteiger charge is -2.22. The maximum absolute atomic E-state index is 13.0. The summed E-state index contributed by atoms with van der Waals surface area (Å²) >= 11 is 0. The predicted octanol–water partition coefficient (Wildman–Crippen LogP) is 3.35. The molecule has 3 N–H and O–H groups in total. The monoisotopic (exact) mass is 395 g/mol. The molecule has 0 spiro atoms. The Balaban J connectivity index is 1.72. The van der Waals surface area contributed by atoms with Crippen molar-refractivity contribution in [3.8, 4) is 5.75 Å². The van der Waals surface area contributed by atoms with E-state index < -0.39 is 18.2 Å². The standard InChI is InChI=1S/C22H22FN3O3/c1-29-20-8-3-2-6-17(20)21(18-7-4-5-13-24-18)26-22(28)25-14-19(27)15-9-11-16(23)12-10-15/h2-13,19,21,27H,14H2,1H3,(H2,25,26,28)/t19-,21?/m0/s1. The van der Waals surface area contributed by atoms with Gasteiger partial charge in [0.25, 0.3) is 0 Å². The summed E-state index contributed by atoms with van der Waals surface area (Å²) in [6.07, 6.45) is 0.691. The van der Waals surface area contributed by atoms with Gasteiger partial charge in [-0.1, -0.05) is 36.4 Å². The third-order valence-corrected chi connectivity index (χ3v) is 4.42. The van der Waals surface area contributed by atoms with Gasteiger partial charge in [-0.05, 0) is 35.9 Å². The summed E-state index contributed by atoms with van der Waals surface area (Å²) in [5.74, 6) is 0.233. The van der Waals surface area contributed by atoms with Gasteiger partial charge >= 0.3 is 6.03 Å². The number of rotatable bonds is 7. The number of hydrogen-bond donors (Lipinski definition) is 3. The average molecular weight is 395 g/mol. The first-order chi connectivity index (χ1) is 14.1. The van der Waals surface area contributed by atoms with Gasteiger partial charge in [-0.2, -0.15) is 0 Å². The van der Waals surface area contributed by atoms with Crippen molar-refractivity contribution in [2.24, 2.45) is 0 Å². The quantitative estimate of drug-likeness (QED) is 0.573. The van der Waals surface area contributed by atoms with Gasteiger partial charge in [0.1, 0.15) is 17.6 Å². The highest BCUT2D eigenvalue weighted by atomic mass is 19.1. The molecule has 0 aliphatic heterocycles. The number of pyridine rings is 1. The van der Waals surface area contributed by atoms with E-state index >= 15 is 0 Å². The van der Waals surface area contributed by atoms with Crippen molar-refractivity contribution in [2.75, 3.05) is 13.7 Å². The second-order valence-corrected chi connectivity index (χ2v) is 6.35. The van der Waals surface area contributed by atoms with Crippen LogP contribution < -0.4 is 15.4 Å². The van der Waals surface area contributed by atoms with E-state index in [0.29, 0.717) is 17.0 Å². The number of benzene rings is 2. The second kappa shape index (κ2) is 9.66. The molecule has 0 aliphatic rings. The molecule has 29 heavy (non-hydrogen) atoms. The molecule has 0 saturated carbocycles. The maximum atomic E-state index is 13.0. The van der Waals surface area contributed by atoms with Gasteiger partial charge < -0.3 is 20.5 Å². The van der Waals surface area contributed by atoms with Crippen LogP contribution in [0.3, 0.4) is 0 Å². The molecule has 2 amide bonds. The van der Waals surface area contributed by atoms with Gasteiger partial charge in [0.2, 0.25) is 0 Å². The third kappa shape index (κ3) is 5.30. The largest absolute Gasteiger partial charge is 0.496 e. The summed E-state index contributed by atoms with van der Waals surface area (Å²) < 4.78 is 18.4. The number of carbonyl (C=O) groups is 1. The number of aliphatic hydroxyl groups is 1. The zero-order chi connectivity index (χ0) is 20.6. The van der Waals surface area contributed by atoms with Crippen molar-refractivity contribution >= 4 is 6.03 Å². The Morgan fingerprint density at radius 1 is 1.10 bits per heavy atom. The summed E-state index contributed by atoms with van der Waals surface area (Å²) in [6.45, 7) is -0.0294. The molecule has 3 aromatic rings. The van der Waals surface area contributed by atoms with Gasteiger partial charge in [-0.3, -0.25) is 4.98 Å². The molecule has 0 aliphatic carbocycles. The molecule has 0 bridgehead atoms. The van der Waals surface area contributed by atoms with Gasteiger partial charge in [0.15, 0.2) is 0 Å². The van der Waals surface area contributed by atoms with Crippen molar-refractivity contribution in [3.63, 3.8) is 0 Å². The number of aliphatic hydroxyl groups excluding tert-OH is 1. The van der Waals surface area contributed by atoms with Crippen molar-refractivity contribution in [3.05, 3.63) is 95.6 Å². The highest BCUT2D eigenvalue weighted by Gasteiger charge is 2.21. The first-order valence-electron chi connectivity index (χ1n) is 9.10. The number of urea groups is 1. The molecule has 1 unspecified atom stereocenters. The molecule has 2 aromatic carbocycles. The Hall–Kier alpha value is -3.45. The Morgan fingerprint density at radius 3 is 2.52 bits per heavy atom. The predicted molar refractivity (Wildman–Crippen MR) is 107 cm³/mol. The molecule has 1 heterocycles. The minimum Gasteiger partial charge on any atom is -0.496 e. The molecule has 0 radical (unpaired) electrons. The number of para-hydroxylation sites is 1. The average Bonchev–Trinajstić information content (AvgIpc) is 2.77. The number of nitrogens with one attached hydrogen (secondary N) is 2. The smallest absolute Gasteiger partial charge is 0.315 e. The number of halogens is 1. The summed E-state index contributed by atoms with van der Waals surface area (Å²) in [5.41, 5.74) is 1.91. The SMILES string of the molecule is COc1ccccc1C(NC(=O)NC[C@H](O)c1ccc(F)cc1)c1ccccn1. The van der Waals surface area contributed by atoms with Crippen molar-refractivity contribution < 1.29 is 19.0 Å². The van der Waals surface area contributed by atoms with E-state index in [1.54, 1.807) is 19.4 Å². The van der Waals surface area contributed by atoms with Crippen LogP contribution in [-0.4, -0.2) is 29.8 Å². The second-order valence-electron chi connectivity index (χ2n) is 6.35. The van der Waals surface area contributed by atoms with Crippen molar-refractivity contribution in [1.29, 1.82) is 0 Å². The molecule has 2 atom stereocenters. The van der Waals surface area contributed by atoms with Crippen LogP contribution in [0.2, 0.25) is 0 Å². The number of aromatic nitrogens is 1. The lowest BCUT2D eigenvalue weighted by Crippen LogP contribution is -2.40. The van der Waals surface area contributed by atoms with Crippen molar-refractivity contribution in [1.82, 2.24) is 15.6 Å². The van der Waals surface area contributed by atoms with E-state index in [1.807, 2.05) is 36.4 Å². The zero-order valence-electron chi connectivity index (χ0n) is 15.9. The first kappa shape index (κ1) is 20.3. The van der Waals surface area contributed by atoms with E-state index in [4.69, 9.17) is 4.74 Å². The number of hydrogen-bond acceptors (Lipinski definition) is 4. The van der Waals surface area contributed by atoms with Crippen molar-refractivity contribution in [2.45, 2.75) is 12.1 Å². The first-order valence-corrected chi connectivity index (χ1v) is 9.10. The molecular weight excluding hydrogens is 373 g/mol. The molecular formula is C22H22FN3O3. The van der Waals surface area contributed by atoms with Crippen LogP contribution in [0.25, 0.3) is 0 Å². The van der Waals surface area contributed by atoms with Gasteiger partial charge in [-0.15, -0.1) is 0 Å². The molecule has 150 valence electrons. The lowest BCUT2D eigenvalue weighted by atomic mass is 10.0. The van der Waals surface area contributed by atoms with Crippen LogP contribution in [0.5, 0.6) is 5.75 Å². The van der Waals surface area contributed by atoms with Gasteiger partial charge in [0, 0.05) is 18.3 Å². The maximum Gasteiger partial charge on any atom is 0.315 e. The fourth-order valence-corrected chi connectivity index (χ4v) is 2.94.